The lowest BCUT2D eigenvalue weighted by molar-refractivity contribution is 0.227. The zero-order valence-electron chi connectivity index (χ0n) is 12.1. The van der Waals surface area contributed by atoms with Crippen LogP contribution >= 0.6 is 0 Å². The van der Waals surface area contributed by atoms with Crippen LogP contribution in [-0.4, -0.2) is 36.6 Å². The molecule has 0 aromatic heterocycles. The predicted octanol–water partition coefficient (Wildman–Crippen LogP) is 3.28. The molecule has 0 spiro atoms. The fraction of sp³-hybridized carbons (Fsp3) is 1.00. The average Bonchev–Trinajstić information content (AvgIpc) is 2.25. The second-order valence-electron chi connectivity index (χ2n) is 5.07. The highest BCUT2D eigenvalue weighted by Crippen LogP contribution is 2.05. The Hall–Kier alpha value is -0.0800. The topological polar surface area (TPSA) is 15.3 Å². The van der Waals surface area contributed by atoms with Crippen molar-refractivity contribution in [2.75, 3.05) is 19.6 Å². The Balaban J connectivity index is 3.44. The van der Waals surface area contributed by atoms with Crippen LogP contribution in [0.2, 0.25) is 0 Å². The number of nitrogens with zero attached hydrogens (tertiary/aromatic N) is 1. The Bertz CT molecular complexity index is 146. The molecule has 0 radical (unpaired) electrons. The fourth-order valence-corrected chi connectivity index (χ4v) is 2.04. The van der Waals surface area contributed by atoms with Gasteiger partial charge in [0.2, 0.25) is 0 Å². The molecule has 0 aliphatic rings. The van der Waals surface area contributed by atoms with Crippen molar-refractivity contribution in [2.24, 2.45) is 0 Å². The molecule has 1 N–H and O–H groups in total. The molecular weight excluding hydrogens is 196 g/mol. The molecule has 0 fully saturated rings. The van der Waals surface area contributed by atoms with Crippen molar-refractivity contribution in [1.82, 2.24) is 10.2 Å². The van der Waals surface area contributed by atoms with Gasteiger partial charge in [0, 0.05) is 12.1 Å². The van der Waals surface area contributed by atoms with Crippen LogP contribution in [0.25, 0.3) is 0 Å². The first-order valence-electron chi connectivity index (χ1n) is 7.09. The second kappa shape index (κ2) is 10.1. The highest BCUT2D eigenvalue weighted by molar-refractivity contribution is 4.63. The van der Waals surface area contributed by atoms with Crippen LogP contribution in [-0.2, 0) is 0 Å². The van der Waals surface area contributed by atoms with Crippen LogP contribution in [0.15, 0.2) is 0 Å². The van der Waals surface area contributed by atoms with E-state index in [1.807, 2.05) is 0 Å². The van der Waals surface area contributed by atoms with E-state index in [0.717, 1.165) is 6.54 Å². The Morgan fingerprint density at radius 3 is 2.25 bits per heavy atom. The molecule has 2 nitrogen and oxygen atoms in total. The Morgan fingerprint density at radius 2 is 1.75 bits per heavy atom. The van der Waals surface area contributed by atoms with Crippen LogP contribution in [0.1, 0.15) is 60.3 Å². The third-order valence-electron chi connectivity index (χ3n) is 3.21. The van der Waals surface area contributed by atoms with Crippen molar-refractivity contribution >= 4 is 0 Å². The zero-order chi connectivity index (χ0) is 12.4. The van der Waals surface area contributed by atoms with Gasteiger partial charge >= 0.3 is 0 Å². The van der Waals surface area contributed by atoms with Gasteiger partial charge in [-0.15, -0.1) is 0 Å². The maximum Gasteiger partial charge on any atom is 0.00387 e. The van der Waals surface area contributed by atoms with Crippen LogP contribution in [0.5, 0.6) is 0 Å². The molecule has 0 aliphatic heterocycles. The smallest absolute Gasteiger partial charge is 0.00387 e. The van der Waals surface area contributed by atoms with Crippen molar-refractivity contribution in [3.8, 4) is 0 Å². The molecule has 0 bridgehead atoms. The van der Waals surface area contributed by atoms with E-state index in [1.54, 1.807) is 0 Å². The van der Waals surface area contributed by atoms with Crippen LogP contribution in [0.3, 0.4) is 0 Å². The normalized spacial score (nSPS) is 13.7. The SMILES string of the molecule is CCCNC(C)CCCCN(CC)C(C)C. The summed E-state index contributed by atoms with van der Waals surface area (Å²) in [6.45, 7) is 15.0. The molecule has 0 amide bonds. The molecule has 0 saturated heterocycles. The highest BCUT2D eigenvalue weighted by atomic mass is 15.1. The van der Waals surface area contributed by atoms with Gasteiger partial charge in [-0.05, 0) is 59.7 Å². The summed E-state index contributed by atoms with van der Waals surface area (Å²) >= 11 is 0. The Labute approximate surface area is 103 Å². The van der Waals surface area contributed by atoms with Crippen LogP contribution in [0.4, 0.5) is 0 Å². The number of hydrogen-bond acceptors (Lipinski definition) is 2. The van der Waals surface area contributed by atoms with Crippen molar-refractivity contribution in [1.29, 1.82) is 0 Å². The maximum atomic E-state index is 3.54. The molecule has 0 aromatic rings. The van der Waals surface area contributed by atoms with Gasteiger partial charge in [-0.2, -0.15) is 0 Å². The monoisotopic (exact) mass is 228 g/mol. The molecule has 0 aromatic carbocycles. The first-order chi connectivity index (χ1) is 7.61. The summed E-state index contributed by atoms with van der Waals surface area (Å²) in [5.41, 5.74) is 0. The number of hydrogen-bond donors (Lipinski definition) is 1. The fourth-order valence-electron chi connectivity index (χ4n) is 2.04. The minimum atomic E-state index is 0.689. The van der Waals surface area contributed by atoms with Gasteiger partial charge in [-0.3, -0.25) is 0 Å². The minimum Gasteiger partial charge on any atom is -0.314 e. The molecule has 0 heterocycles. The summed E-state index contributed by atoms with van der Waals surface area (Å²) in [6, 6.07) is 1.38. The Kier molecular flexibility index (Phi) is 10.0. The molecule has 16 heavy (non-hydrogen) atoms. The van der Waals surface area contributed by atoms with Crippen LogP contribution < -0.4 is 5.32 Å². The molecule has 1 unspecified atom stereocenters. The average molecular weight is 228 g/mol. The second-order valence-corrected chi connectivity index (χ2v) is 5.07. The summed E-state index contributed by atoms with van der Waals surface area (Å²) in [6.07, 6.45) is 5.24. The molecular formula is C14H32N2. The van der Waals surface area contributed by atoms with Crippen molar-refractivity contribution in [3.63, 3.8) is 0 Å². The Morgan fingerprint density at radius 1 is 1.06 bits per heavy atom. The van der Waals surface area contributed by atoms with Gasteiger partial charge in [0.05, 0.1) is 0 Å². The summed E-state index contributed by atoms with van der Waals surface area (Å²) in [5, 5.41) is 3.54. The van der Waals surface area contributed by atoms with E-state index < -0.39 is 0 Å². The summed E-state index contributed by atoms with van der Waals surface area (Å²) in [4.78, 5) is 2.55. The number of nitrogens with one attached hydrogen (secondary N) is 1. The minimum absolute atomic E-state index is 0.689. The van der Waals surface area contributed by atoms with E-state index in [-0.39, 0.29) is 0 Å². The lowest BCUT2D eigenvalue weighted by Crippen LogP contribution is -2.32. The number of rotatable bonds is 10. The van der Waals surface area contributed by atoms with Crippen LogP contribution in [0, 0.1) is 0 Å². The zero-order valence-corrected chi connectivity index (χ0v) is 12.1. The molecule has 1 atom stereocenters. The highest BCUT2D eigenvalue weighted by Gasteiger charge is 2.06. The molecule has 0 aliphatic carbocycles. The van der Waals surface area contributed by atoms with Crippen molar-refractivity contribution < 1.29 is 0 Å². The maximum absolute atomic E-state index is 3.54. The molecule has 2 heteroatoms. The van der Waals surface area contributed by atoms with E-state index >= 15 is 0 Å². The molecule has 0 saturated carbocycles. The quantitative estimate of drug-likeness (QED) is 0.577. The van der Waals surface area contributed by atoms with E-state index in [0.29, 0.717) is 12.1 Å². The van der Waals surface area contributed by atoms with Gasteiger partial charge < -0.3 is 10.2 Å². The van der Waals surface area contributed by atoms with E-state index in [2.05, 4.69) is 44.8 Å². The van der Waals surface area contributed by atoms with Gasteiger partial charge in [0.1, 0.15) is 0 Å². The standard InChI is InChI=1S/C14H32N2/c1-6-11-15-14(5)10-8-9-12-16(7-2)13(3)4/h13-15H,6-12H2,1-5H3. The van der Waals surface area contributed by atoms with Crippen molar-refractivity contribution in [2.45, 2.75) is 72.4 Å². The lowest BCUT2D eigenvalue weighted by Gasteiger charge is -2.24. The largest absolute Gasteiger partial charge is 0.314 e. The van der Waals surface area contributed by atoms with Gasteiger partial charge in [-0.1, -0.05) is 20.3 Å². The molecule has 98 valence electrons. The third-order valence-corrected chi connectivity index (χ3v) is 3.21. The molecule has 0 rings (SSSR count). The predicted molar refractivity (Wildman–Crippen MR) is 74.0 cm³/mol. The lowest BCUT2D eigenvalue weighted by atomic mass is 10.1. The summed E-state index contributed by atoms with van der Waals surface area (Å²) in [7, 11) is 0. The van der Waals surface area contributed by atoms with Gasteiger partial charge in [0.15, 0.2) is 0 Å². The van der Waals surface area contributed by atoms with Crippen molar-refractivity contribution in [3.05, 3.63) is 0 Å². The van der Waals surface area contributed by atoms with Gasteiger partial charge in [0.25, 0.3) is 0 Å². The van der Waals surface area contributed by atoms with E-state index in [9.17, 15) is 0 Å². The first kappa shape index (κ1) is 15.9. The van der Waals surface area contributed by atoms with E-state index in [1.165, 1.54) is 38.8 Å². The first-order valence-corrected chi connectivity index (χ1v) is 7.09. The summed E-state index contributed by atoms with van der Waals surface area (Å²) < 4.78 is 0. The van der Waals surface area contributed by atoms with E-state index in [4.69, 9.17) is 0 Å². The number of unbranched alkanes of at least 4 members (excludes halogenated alkanes) is 1. The third kappa shape index (κ3) is 8.12. The summed E-state index contributed by atoms with van der Waals surface area (Å²) in [5.74, 6) is 0. The van der Waals surface area contributed by atoms with Gasteiger partial charge in [-0.25, -0.2) is 0 Å².